The van der Waals surface area contributed by atoms with Crippen molar-refractivity contribution in [2.75, 3.05) is 0 Å². The van der Waals surface area contributed by atoms with E-state index in [0.717, 1.165) is 21.5 Å². The van der Waals surface area contributed by atoms with Crippen LogP contribution in [0.3, 0.4) is 0 Å². The largest absolute Gasteiger partial charge is 0.324 e. The summed E-state index contributed by atoms with van der Waals surface area (Å²) in [5.74, 6) is 0. The summed E-state index contributed by atoms with van der Waals surface area (Å²) in [5.41, 5.74) is 0. The summed E-state index contributed by atoms with van der Waals surface area (Å²) < 4.78 is 33.0. The maximum absolute atomic E-state index is 11.0. The first kappa shape index (κ1) is 11.2. The quantitative estimate of drug-likeness (QED) is 0.629. The van der Waals surface area contributed by atoms with Gasteiger partial charge in [0.05, 0.1) is 4.90 Å². The SMILES string of the molecule is [O]S(=O)(=O)c1ccc2c(ccc3ccccc32)c1. The van der Waals surface area contributed by atoms with Crippen molar-refractivity contribution in [3.63, 3.8) is 0 Å². The fourth-order valence-electron chi connectivity index (χ4n) is 2.15. The molecule has 3 aromatic carbocycles. The number of benzene rings is 3. The molecule has 0 bridgehead atoms. The molecule has 0 saturated carbocycles. The van der Waals surface area contributed by atoms with E-state index in [1.54, 1.807) is 6.07 Å². The van der Waals surface area contributed by atoms with Gasteiger partial charge in [-0.15, -0.1) is 0 Å². The summed E-state index contributed by atoms with van der Waals surface area (Å²) in [6.07, 6.45) is 0. The maximum atomic E-state index is 11.0. The standard InChI is InChI=1S/C14H9O3S/c15-18(16,17)12-7-8-14-11(9-12)6-5-10-3-1-2-4-13(10)14/h1-9H. The Morgan fingerprint density at radius 3 is 2.17 bits per heavy atom. The average Bonchev–Trinajstić information content (AvgIpc) is 2.37. The van der Waals surface area contributed by atoms with Crippen LogP contribution in [-0.4, -0.2) is 8.42 Å². The van der Waals surface area contributed by atoms with Gasteiger partial charge in [0.25, 0.3) is 0 Å². The topological polar surface area (TPSA) is 54.0 Å². The molecule has 18 heavy (non-hydrogen) atoms. The molecule has 0 saturated heterocycles. The van der Waals surface area contributed by atoms with Crippen LogP contribution >= 0.6 is 0 Å². The van der Waals surface area contributed by atoms with E-state index in [2.05, 4.69) is 0 Å². The highest BCUT2D eigenvalue weighted by atomic mass is 32.2. The molecular weight excluding hydrogens is 248 g/mol. The minimum absolute atomic E-state index is 0.190. The van der Waals surface area contributed by atoms with Crippen LogP contribution in [0, 0.1) is 0 Å². The molecule has 0 unspecified atom stereocenters. The fourth-order valence-corrected chi connectivity index (χ4v) is 2.65. The molecule has 0 amide bonds. The van der Waals surface area contributed by atoms with Crippen molar-refractivity contribution in [3.8, 4) is 0 Å². The van der Waals surface area contributed by atoms with Crippen molar-refractivity contribution >= 4 is 31.7 Å². The van der Waals surface area contributed by atoms with Crippen molar-refractivity contribution in [1.82, 2.24) is 0 Å². The minimum atomic E-state index is -4.40. The van der Waals surface area contributed by atoms with Crippen molar-refractivity contribution in [1.29, 1.82) is 0 Å². The number of rotatable bonds is 1. The van der Waals surface area contributed by atoms with E-state index in [4.69, 9.17) is 0 Å². The Labute approximate surface area is 104 Å². The van der Waals surface area contributed by atoms with Crippen LogP contribution in [0.1, 0.15) is 0 Å². The van der Waals surface area contributed by atoms with Gasteiger partial charge in [-0.3, -0.25) is 0 Å². The van der Waals surface area contributed by atoms with Crippen molar-refractivity contribution in [2.24, 2.45) is 0 Å². The summed E-state index contributed by atoms with van der Waals surface area (Å²) in [4.78, 5) is -0.190. The number of hydrogen-bond donors (Lipinski definition) is 0. The van der Waals surface area contributed by atoms with Crippen molar-refractivity contribution in [2.45, 2.75) is 4.90 Å². The zero-order valence-corrected chi connectivity index (χ0v) is 10.1. The van der Waals surface area contributed by atoms with Gasteiger partial charge in [0, 0.05) is 0 Å². The van der Waals surface area contributed by atoms with Crippen LogP contribution in [0.25, 0.3) is 21.5 Å². The molecular formula is C14H9O3S. The van der Waals surface area contributed by atoms with E-state index in [-0.39, 0.29) is 4.90 Å². The lowest BCUT2D eigenvalue weighted by molar-refractivity contribution is 0.414. The van der Waals surface area contributed by atoms with Crippen LogP contribution in [0.5, 0.6) is 0 Å². The molecule has 0 fully saturated rings. The molecule has 0 aliphatic rings. The molecule has 3 aromatic rings. The second kappa shape index (κ2) is 3.80. The van der Waals surface area contributed by atoms with Crippen LogP contribution in [-0.2, 0) is 14.7 Å². The Kier molecular flexibility index (Phi) is 2.36. The van der Waals surface area contributed by atoms with Crippen LogP contribution < -0.4 is 0 Å². The molecule has 0 aromatic heterocycles. The molecule has 0 spiro atoms. The summed E-state index contributed by atoms with van der Waals surface area (Å²) in [5, 5.41) is 3.83. The maximum Gasteiger partial charge on any atom is 0.324 e. The van der Waals surface area contributed by atoms with Gasteiger partial charge < -0.3 is 0 Å². The predicted molar refractivity (Wildman–Crippen MR) is 69.3 cm³/mol. The van der Waals surface area contributed by atoms with Gasteiger partial charge in [0.15, 0.2) is 0 Å². The lowest BCUT2D eigenvalue weighted by Gasteiger charge is -2.04. The second-order valence-electron chi connectivity index (χ2n) is 4.12. The van der Waals surface area contributed by atoms with Gasteiger partial charge in [0.2, 0.25) is 0 Å². The van der Waals surface area contributed by atoms with E-state index in [1.807, 2.05) is 36.4 Å². The van der Waals surface area contributed by atoms with Crippen molar-refractivity contribution in [3.05, 3.63) is 54.6 Å². The fraction of sp³-hybridized carbons (Fsp3) is 0. The molecule has 4 heteroatoms. The first-order chi connectivity index (χ1) is 8.55. The summed E-state index contributed by atoms with van der Waals surface area (Å²) in [6, 6.07) is 16.1. The highest BCUT2D eigenvalue weighted by Gasteiger charge is 2.12. The molecule has 89 valence electrons. The minimum Gasteiger partial charge on any atom is -0.192 e. The van der Waals surface area contributed by atoms with E-state index in [9.17, 15) is 13.0 Å². The second-order valence-corrected chi connectivity index (χ2v) is 5.50. The Morgan fingerprint density at radius 2 is 1.39 bits per heavy atom. The Balaban J connectivity index is 2.42. The first-order valence-corrected chi connectivity index (χ1v) is 6.84. The van der Waals surface area contributed by atoms with Gasteiger partial charge in [-0.05, 0) is 33.7 Å². The molecule has 0 aliphatic heterocycles. The normalized spacial score (nSPS) is 12.1. The smallest absolute Gasteiger partial charge is 0.192 e. The molecule has 0 atom stereocenters. The summed E-state index contributed by atoms with van der Waals surface area (Å²) >= 11 is 0. The third-order valence-electron chi connectivity index (χ3n) is 3.01. The third kappa shape index (κ3) is 1.75. The molecule has 1 radical (unpaired) electrons. The monoisotopic (exact) mass is 257 g/mol. The van der Waals surface area contributed by atoms with E-state index < -0.39 is 10.1 Å². The van der Waals surface area contributed by atoms with Crippen molar-refractivity contribution < 1.29 is 13.0 Å². The molecule has 0 aliphatic carbocycles. The molecule has 0 N–H and O–H groups in total. The Hall–Kier alpha value is -1.91. The third-order valence-corrected chi connectivity index (χ3v) is 3.84. The first-order valence-electron chi connectivity index (χ1n) is 5.43. The highest BCUT2D eigenvalue weighted by Crippen LogP contribution is 2.27. The van der Waals surface area contributed by atoms with E-state index in [0.29, 0.717) is 0 Å². The molecule has 3 nitrogen and oxygen atoms in total. The van der Waals surface area contributed by atoms with Gasteiger partial charge in [0.1, 0.15) is 0 Å². The van der Waals surface area contributed by atoms with Crippen LogP contribution in [0.2, 0.25) is 0 Å². The zero-order chi connectivity index (χ0) is 12.8. The predicted octanol–water partition coefficient (Wildman–Crippen LogP) is 3.11. The van der Waals surface area contributed by atoms with Crippen LogP contribution in [0.4, 0.5) is 0 Å². The van der Waals surface area contributed by atoms with Gasteiger partial charge in [-0.1, -0.05) is 47.0 Å². The number of hydrogen-bond acceptors (Lipinski definition) is 2. The Morgan fingerprint density at radius 1 is 0.722 bits per heavy atom. The Bertz CT molecular complexity index is 851. The van der Waals surface area contributed by atoms with Gasteiger partial charge in [-0.25, -0.2) is 0 Å². The van der Waals surface area contributed by atoms with E-state index >= 15 is 0 Å². The lowest BCUT2D eigenvalue weighted by Crippen LogP contribution is -1.95. The summed E-state index contributed by atoms with van der Waals surface area (Å²) in [7, 11) is -4.40. The van der Waals surface area contributed by atoms with E-state index in [1.165, 1.54) is 12.1 Å². The van der Waals surface area contributed by atoms with Gasteiger partial charge in [-0.2, -0.15) is 8.42 Å². The highest BCUT2D eigenvalue weighted by molar-refractivity contribution is 7.85. The molecule has 3 rings (SSSR count). The summed E-state index contributed by atoms with van der Waals surface area (Å²) in [6.45, 7) is 0. The number of fused-ring (bicyclic) bond motifs is 3. The lowest BCUT2D eigenvalue weighted by atomic mass is 10.0. The zero-order valence-electron chi connectivity index (χ0n) is 9.33. The molecule has 0 heterocycles. The van der Waals surface area contributed by atoms with Gasteiger partial charge >= 0.3 is 10.1 Å². The van der Waals surface area contributed by atoms with Crippen LogP contribution in [0.15, 0.2) is 59.5 Å². The average molecular weight is 257 g/mol.